The minimum atomic E-state index is 0. The lowest BCUT2D eigenvalue weighted by Gasteiger charge is -2.04. The second-order valence-electron chi connectivity index (χ2n) is 5.17. The Morgan fingerprint density at radius 1 is 1.37 bits per heavy atom. The maximum Gasteiger partial charge on any atom is 0.229 e. The lowest BCUT2D eigenvalue weighted by atomic mass is 10.0. The van der Waals surface area contributed by atoms with Gasteiger partial charge in [0.25, 0.3) is 0 Å². The van der Waals surface area contributed by atoms with E-state index in [0.29, 0.717) is 11.7 Å². The molecule has 0 saturated carbocycles. The maximum atomic E-state index is 6.03. The van der Waals surface area contributed by atoms with Gasteiger partial charge in [0.05, 0.1) is 0 Å². The summed E-state index contributed by atoms with van der Waals surface area (Å²) in [5.74, 6) is 1.61. The number of nitrogens with zero attached hydrogens (tertiary/aromatic N) is 2. The van der Waals surface area contributed by atoms with Crippen LogP contribution in [0.2, 0.25) is 0 Å². The standard InChI is InChI=1S/C14H17N3O.ClH/c1-8(2)14-16-13(17-18-14)10-3-5-11-9(7-10)4-6-12(11)15;/h3,5,7-8,12H,4,6,15H2,1-2H3;1H/t12-;/m1./s1. The van der Waals surface area contributed by atoms with E-state index in [1.807, 2.05) is 19.9 Å². The molecule has 0 unspecified atom stereocenters. The molecular formula is C14H18ClN3O. The van der Waals surface area contributed by atoms with Crippen LogP contribution in [0.4, 0.5) is 0 Å². The minimum Gasteiger partial charge on any atom is -0.339 e. The highest BCUT2D eigenvalue weighted by Crippen LogP contribution is 2.32. The van der Waals surface area contributed by atoms with Crippen LogP contribution in [-0.4, -0.2) is 10.1 Å². The largest absolute Gasteiger partial charge is 0.339 e. The van der Waals surface area contributed by atoms with Gasteiger partial charge in [0.2, 0.25) is 11.7 Å². The molecule has 1 aromatic carbocycles. The highest BCUT2D eigenvalue weighted by molar-refractivity contribution is 5.85. The zero-order valence-corrected chi connectivity index (χ0v) is 11.9. The first-order valence-electron chi connectivity index (χ1n) is 6.37. The van der Waals surface area contributed by atoms with Crippen LogP contribution in [0, 0.1) is 0 Å². The maximum absolute atomic E-state index is 6.03. The van der Waals surface area contributed by atoms with E-state index in [1.165, 1.54) is 11.1 Å². The molecule has 4 nitrogen and oxygen atoms in total. The summed E-state index contributed by atoms with van der Waals surface area (Å²) in [6.45, 7) is 4.08. The molecule has 1 aromatic heterocycles. The average molecular weight is 280 g/mol. The van der Waals surface area contributed by atoms with Crippen LogP contribution in [0.25, 0.3) is 11.4 Å². The molecule has 2 N–H and O–H groups in total. The van der Waals surface area contributed by atoms with Crippen LogP contribution in [-0.2, 0) is 6.42 Å². The summed E-state index contributed by atoms with van der Waals surface area (Å²) in [5, 5.41) is 4.03. The van der Waals surface area contributed by atoms with Crippen molar-refractivity contribution in [3.05, 3.63) is 35.2 Å². The van der Waals surface area contributed by atoms with Crippen molar-refractivity contribution in [1.82, 2.24) is 10.1 Å². The first kappa shape index (κ1) is 14.0. The van der Waals surface area contributed by atoms with E-state index in [-0.39, 0.29) is 24.4 Å². The van der Waals surface area contributed by atoms with Crippen molar-refractivity contribution in [2.24, 2.45) is 5.73 Å². The van der Waals surface area contributed by atoms with Crippen LogP contribution in [0.3, 0.4) is 0 Å². The smallest absolute Gasteiger partial charge is 0.229 e. The van der Waals surface area contributed by atoms with E-state index in [1.54, 1.807) is 0 Å². The third kappa shape index (κ3) is 2.51. The van der Waals surface area contributed by atoms with E-state index < -0.39 is 0 Å². The topological polar surface area (TPSA) is 64.9 Å². The van der Waals surface area contributed by atoms with E-state index in [0.717, 1.165) is 18.4 Å². The number of hydrogen-bond acceptors (Lipinski definition) is 4. The third-order valence-electron chi connectivity index (χ3n) is 3.46. The number of halogens is 1. The molecule has 3 rings (SSSR count). The zero-order chi connectivity index (χ0) is 12.7. The highest BCUT2D eigenvalue weighted by atomic mass is 35.5. The second kappa shape index (κ2) is 5.31. The number of aryl methyl sites for hydroxylation is 1. The quantitative estimate of drug-likeness (QED) is 0.917. The van der Waals surface area contributed by atoms with Crippen molar-refractivity contribution < 1.29 is 4.52 Å². The van der Waals surface area contributed by atoms with E-state index in [9.17, 15) is 0 Å². The van der Waals surface area contributed by atoms with Crippen molar-refractivity contribution in [1.29, 1.82) is 0 Å². The summed E-state index contributed by atoms with van der Waals surface area (Å²) >= 11 is 0. The SMILES string of the molecule is CC(C)c1nc(-c2ccc3c(c2)CC[C@H]3N)no1.Cl. The molecule has 0 amide bonds. The fourth-order valence-electron chi connectivity index (χ4n) is 2.38. The molecule has 1 aliphatic rings. The van der Waals surface area contributed by atoms with Gasteiger partial charge in [0.1, 0.15) is 0 Å². The zero-order valence-electron chi connectivity index (χ0n) is 11.1. The summed E-state index contributed by atoms with van der Waals surface area (Å²) in [7, 11) is 0. The lowest BCUT2D eigenvalue weighted by molar-refractivity contribution is 0.365. The molecule has 1 heterocycles. The molecule has 5 heteroatoms. The van der Waals surface area contributed by atoms with Gasteiger partial charge in [0, 0.05) is 17.5 Å². The molecule has 0 spiro atoms. The number of rotatable bonds is 2. The van der Waals surface area contributed by atoms with Crippen molar-refractivity contribution in [3.8, 4) is 11.4 Å². The normalized spacial score (nSPS) is 17.4. The van der Waals surface area contributed by atoms with Crippen molar-refractivity contribution in [3.63, 3.8) is 0 Å². The van der Waals surface area contributed by atoms with Crippen LogP contribution in [0.15, 0.2) is 22.7 Å². The number of nitrogens with two attached hydrogens (primary N) is 1. The second-order valence-corrected chi connectivity index (χ2v) is 5.17. The molecule has 0 bridgehead atoms. The Hall–Kier alpha value is -1.39. The molecular weight excluding hydrogens is 262 g/mol. The van der Waals surface area contributed by atoms with Crippen molar-refractivity contribution in [2.45, 2.75) is 38.6 Å². The van der Waals surface area contributed by atoms with Crippen LogP contribution < -0.4 is 5.73 Å². The number of aromatic nitrogens is 2. The van der Waals surface area contributed by atoms with Crippen LogP contribution in [0.1, 0.15) is 49.2 Å². The van der Waals surface area contributed by atoms with Gasteiger partial charge >= 0.3 is 0 Å². The van der Waals surface area contributed by atoms with Gasteiger partial charge in [0.15, 0.2) is 0 Å². The predicted octanol–water partition coefficient (Wildman–Crippen LogP) is 3.23. The van der Waals surface area contributed by atoms with Gasteiger partial charge in [-0.25, -0.2) is 0 Å². The Bertz CT molecular complexity index is 580. The number of benzene rings is 1. The molecule has 0 radical (unpaired) electrons. The number of fused-ring (bicyclic) bond motifs is 1. The van der Waals surface area contributed by atoms with Gasteiger partial charge in [-0.15, -0.1) is 12.4 Å². The summed E-state index contributed by atoms with van der Waals surface area (Å²) in [6, 6.07) is 6.44. The third-order valence-corrected chi connectivity index (χ3v) is 3.46. The first-order chi connectivity index (χ1) is 8.65. The molecule has 1 aliphatic carbocycles. The van der Waals surface area contributed by atoms with Gasteiger partial charge in [-0.05, 0) is 30.0 Å². The molecule has 0 aliphatic heterocycles. The Balaban J connectivity index is 0.00000133. The van der Waals surface area contributed by atoms with E-state index in [2.05, 4.69) is 22.3 Å². The van der Waals surface area contributed by atoms with Gasteiger partial charge < -0.3 is 10.3 Å². The Labute approximate surface area is 118 Å². The predicted molar refractivity (Wildman–Crippen MR) is 76.3 cm³/mol. The summed E-state index contributed by atoms with van der Waals surface area (Å²) < 4.78 is 5.24. The van der Waals surface area contributed by atoms with E-state index >= 15 is 0 Å². The van der Waals surface area contributed by atoms with Crippen LogP contribution >= 0.6 is 12.4 Å². The minimum absolute atomic E-state index is 0. The first-order valence-corrected chi connectivity index (χ1v) is 6.37. The molecule has 0 fully saturated rings. The fourth-order valence-corrected chi connectivity index (χ4v) is 2.38. The van der Waals surface area contributed by atoms with Gasteiger partial charge in [-0.2, -0.15) is 4.98 Å². The van der Waals surface area contributed by atoms with Crippen molar-refractivity contribution in [2.75, 3.05) is 0 Å². The molecule has 19 heavy (non-hydrogen) atoms. The van der Waals surface area contributed by atoms with E-state index in [4.69, 9.17) is 10.3 Å². The highest BCUT2D eigenvalue weighted by Gasteiger charge is 2.20. The van der Waals surface area contributed by atoms with Crippen molar-refractivity contribution >= 4 is 12.4 Å². The van der Waals surface area contributed by atoms with Gasteiger partial charge in [-0.1, -0.05) is 31.1 Å². The summed E-state index contributed by atoms with van der Waals surface area (Å²) in [4.78, 5) is 4.42. The molecule has 1 atom stereocenters. The monoisotopic (exact) mass is 279 g/mol. The Morgan fingerprint density at radius 2 is 2.16 bits per heavy atom. The Morgan fingerprint density at radius 3 is 2.84 bits per heavy atom. The van der Waals surface area contributed by atoms with Gasteiger partial charge in [-0.3, -0.25) is 0 Å². The lowest BCUT2D eigenvalue weighted by Crippen LogP contribution is -2.04. The molecule has 2 aromatic rings. The molecule has 0 saturated heterocycles. The number of hydrogen-bond donors (Lipinski definition) is 1. The van der Waals surface area contributed by atoms with Crippen LogP contribution in [0.5, 0.6) is 0 Å². The average Bonchev–Trinajstić information content (AvgIpc) is 2.96. The molecule has 102 valence electrons. The summed E-state index contributed by atoms with van der Waals surface area (Å²) in [6.07, 6.45) is 2.07. The fraction of sp³-hybridized carbons (Fsp3) is 0.429. The summed E-state index contributed by atoms with van der Waals surface area (Å²) in [5.41, 5.74) is 9.61. The Kier molecular flexibility index (Phi) is 3.92.